The third-order valence-electron chi connectivity index (χ3n) is 3.22. The first-order chi connectivity index (χ1) is 9.47. The maximum Gasteiger partial charge on any atom is 0.335 e. The van der Waals surface area contributed by atoms with E-state index in [1.807, 2.05) is 12.1 Å². The molecule has 1 heterocycles. The minimum absolute atomic E-state index is 0.0966. The van der Waals surface area contributed by atoms with Crippen LogP contribution in [-0.2, 0) is 0 Å². The average molecular weight is 280 g/mol. The summed E-state index contributed by atoms with van der Waals surface area (Å²) in [6.07, 6.45) is 0. The van der Waals surface area contributed by atoms with E-state index in [-0.39, 0.29) is 11.3 Å². The van der Waals surface area contributed by atoms with Crippen LogP contribution >= 0.6 is 0 Å². The highest BCUT2D eigenvalue weighted by molar-refractivity contribution is 5.89. The Kier molecular flexibility index (Phi) is 4.16. The molecule has 8 nitrogen and oxygen atoms in total. The summed E-state index contributed by atoms with van der Waals surface area (Å²) >= 11 is 0. The van der Waals surface area contributed by atoms with Crippen molar-refractivity contribution in [2.75, 3.05) is 38.7 Å². The second-order valence-corrected chi connectivity index (χ2v) is 4.70. The van der Waals surface area contributed by atoms with Gasteiger partial charge in [-0.1, -0.05) is 0 Å². The second kappa shape index (κ2) is 5.85. The van der Waals surface area contributed by atoms with Gasteiger partial charge >= 0.3 is 5.97 Å². The number of aromatic carboxylic acids is 1. The number of piperazine rings is 1. The molecule has 1 aromatic rings. The van der Waals surface area contributed by atoms with E-state index in [1.54, 1.807) is 0 Å². The first kappa shape index (κ1) is 14.2. The van der Waals surface area contributed by atoms with Crippen LogP contribution in [0.25, 0.3) is 0 Å². The van der Waals surface area contributed by atoms with Gasteiger partial charge in [0.05, 0.1) is 10.5 Å². The molecule has 0 saturated carbocycles. The molecule has 2 rings (SSSR count). The number of rotatable bonds is 4. The van der Waals surface area contributed by atoms with Crippen LogP contribution in [0.15, 0.2) is 18.2 Å². The van der Waals surface area contributed by atoms with Crippen LogP contribution in [0.3, 0.4) is 0 Å². The van der Waals surface area contributed by atoms with Crippen LogP contribution in [0.1, 0.15) is 10.4 Å². The first-order valence-corrected chi connectivity index (χ1v) is 6.19. The number of nitrogens with zero attached hydrogens (tertiary/aromatic N) is 3. The summed E-state index contributed by atoms with van der Waals surface area (Å²) in [7, 11) is 2.02. The molecule has 0 atom stereocenters. The molecule has 1 aromatic carbocycles. The molecular formula is C12H16N4O4. The molecule has 0 unspecified atom stereocenters. The molecule has 0 spiro atoms. The predicted molar refractivity (Wildman–Crippen MR) is 72.7 cm³/mol. The summed E-state index contributed by atoms with van der Waals surface area (Å²) in [5.74, 6) is -1.18. The molecular weight excluding hydrogens is 264 g/mol. The van der Waals surface area contributed by atoms with Crippen LogP contribution in [0.2, 0.25) is 0 Å². The number of benzene rings is 1. The fourth-order valence-electron chi connectivity index (χ4n) is 2.00. The lowest BCUT2D eigenvalue weighted by molar-refractivity contribution is -0.384. The quantitative estimate of drug-likeness (QED) is 0.623. The minimum Gasteiger partial charge on any atom is -0.478 e. The third-order valence-corrected chi connectivity index (χ3v) is 3.22. The maximum atomic E-state index is 11.0. The van der Waals surface area contributed by atoms with E-state index < -0.39 is 10.9 Å². The molecule has 0 amide bonds. The zero-order valence-corrected chi connectivity index (χ0v) is 11.1. The predicted octanol–water partition coefficient (Wildman–Crippen LogP) is 0.867. The van der Waals surface area contributed by atoms with Gasteiger partial charge in [-0.2, -0.15) is 0 Å². The van der Waals surface area contributed by atoms with E-state index in [0.29, 0.717) is 5.69 Å². The number of carbonyl (C=O) groups is 1. The van der Waals surface area contributed by atoms with Gasteiger partial charge in [0.1, 0.15) is 5.69 Å². The summed E-state index contributed by atoms with van der Waals surface area (Å²) < 4.78 is 0. The molecule has 0 aromatic heterocycles. The molecule has 2 N–H and O–H groups in total. The van der Waals surface area contributed by atoms with Gasteiger partial charge in [-0.05, 0) is 19.2 Å². The van der Waals surface area contributed by atoms with E-state index in [4.69, 9.17) is 5.11 Å². The molecule has 8 heteroatoms. The Balaban J connectivity index is 2.18. The number of hydrogen-bond donors (Lipinski definition) is 2. The van der Waals surface area contributed by atoms with Gasteiger partial charge in [-0.3, -0.25) is 10.1 Å². The van der Waals surface area contributed by atoms with Crippen LogP contribution < -0.4 is 5.43 Å². The zero-order valence-electron chi connectivity index (χ0n) is 11.1. The monoisotopic (exact) mass is 280 g/mol. The highest BCUT2D eigenvalue weighted by Gasteiger charge is 2.20. The van der Waals surface area contributed by atoms with E-state index in [0.717, 1.165) is 32.2 Å². The number of carboxylic acids is 1. The maximum absolute atomic E-state index is 11.0. The molecule has 0 bridgehead atoms. The Bertz CT molecular complexity index is 526. The summed E-state index contributed by atoms with van der Waals surface area (Å²) in [4.78, 5) is 23.5. The number of carboxylic acid groups (broad SMARTS) is 1. The van der Waals surface area contributed by atoms with Crippen molar-refractivity contribution in [3.05, 3.63) is 33.9 Å². The van der Waals surface area contributed by atoms with Crippen molar-refractivity contribution >= 4 is 17.3 Å². The van der Waals surface area contributed by atoms with Crippen molar-refractivity contribution in [1.82, 2.24) is 9.91 Å². The number of hydrazine groups is 1. The van der Waals surface area contributed by atoms with Crippen molar-refractivity contribution in [1.29, 1.82) is 0 Å². The van der Waals surface area contributed by atoms with Crippen molar-refractivity contribution in [2.45, 2.75) is 0 Å². The second-order valence-electron chi connectivity index (χ2n) is 4.70. The minimum atomic E-state index is -1.18. The van der Waals surface area contributed by atoms with Crippen LogP contribution in [0.5, 0.6) is 0 Å². The number of nitrogens with one attached hydrogen (secondary N) is 1. The Morgan fingerprint density at radius 2 is 2.00 bits per heavy atom. The lowest BCUT2D eigenvalue weighted by atomic mass is 10.2. The smallest absolute Gasteiger partial charge is 0.335 e. The third kappa shape index (κ3) is 3.22. The van der Waals surface area contributed by atoms with E-state index in [9.17, 15) is 14.9 Å². The number of likely N-dealkylation sites (N-methyl/N-ethyl adjacent to an activating group) is 1. The summed E-state index contributed by atoms with van der Waals surface area (Å²) in [6.45, 7) is 3.23. The molecule has 0 aliphatic carbocycles. The van der Waals surface area contributed by atoms with E-state index in [1.165, 1.54) is 12.1 Å². The number of anilines is 1. The van der Waals surface area contributed by atoms with E-state index in [2.05, 4.69) is 10.3 Å². The largest absolute Gasteiger partial charge is 0.478 e. The van der Waals surface area contributed by atoms with Crippen molar-refractivity contribution < 1.29 is 14.8 Å². The molecule has 20 heavy (non-hydrogen) atoms. The average Bonchev–Trinajstić information content (AvgIpc) is 2.41. The molecule has 1 aliphatic heterocycles. The first-order valence-electron chi connectivity index (χ1n) is 6.19. The van der Waals surface area contributed by atoms with Crippen molar-refractivity contribution in [2.24, 2.45) is 0 Å². The summed E-state index contributed by atoms with van der Waals surface area (Å²) in [5, 5.41) is 21.8. The SMILES string of the molecule is CN1CCN(Nc2ccc(C(=O)O)cc2[N+](=O)[O-])CC1. The van der Waals surface area contributed by atoms with Crippen molar-refractivity contribution in [3.63, 3.8) is 0 Å². The molecule has 1 saturated heterocycles. The fourth-order valence-corrected chi connectivity index (χ4v) is 2.00. The Morgan fingerprint density at radius 3 is 2.55 bits per heavy atom. The van der Waals surface area contributed by atoms with Gasteiger partial charge in [0.2, 0.25) is 0 Å². The topological polar surface area (TPSA) is 99.0 Å². The highest BCUT2D eigenvalue weighted by Crippen LogP contribution is 2.26. The lowest BCUT2D eigenvalue weighted by Crippen LogP contribution is -2.47. The van der Waals surface area contributed by atoms with E-state index >= 15 is 0 Å². The highest BCUT2D eigenvalue weighted by atomic mass is 16.6. The molecule has 0 radical (unpaired) electrons. The van der Waals surface area contributed by atoms with Gasteiger partial charge in [0, 0.05) is 32.2 Å². The normalized spacial score (nSPS) is 16.9. The summed E-state index contributed by atoms with van der Waals surface area (Å²) in [5.41, 5.74) is 2.97. The number of nitro groups is 1. The van der Waals surface area contributed by atoms with Gasteiger partial charge in [0.15, 0.2) is 0 Å². The van der Waals surface area contributed by atoms with Gasteiger partial charge in [-0.25, -0.2) is 9.80 Å². The van der Waals surface area contributed by atoms with Gasteiger partial charge in [0.25, 0.3) is 5.69 Å². The standard InChI is InChI=1S/C12H16N4O4/c1-14-4-6-15(7-5-14)13-10-3-2-9(12(17)18)8-11(10)16(19)20/h2-3,8,13H,4-7H2,1H3,(H,17,18). The Hall–Kier alpha value is -2.19. The van der Waals surface area contributed by atoms with Crippen molar-refractivity contribution in [3.8, 4) is 0 Å². The molecule has 1 fully saturated rings. The Labute approximate surface area is 115 Å². The molecule has 1 aliphatic rings. The lowest BCUT2D eigenvalue weighted by Gasteiger charge is -2.32. The summed E-state index contributed by atoms with van der Waals surface area (Å²) in [6, 6.07) is 3.86. The molecule has 108 valence electrons. The number of hydrogen-bond acceptors (Lipinski definition) is 6. The zero-order chi connectivity index (χ0) is 14.7. The Morgan fingerprint density at radius 1 is 1.35 bits per heavy atom. The number of nitro benzene ring substituents is 1. The van der Waals surface area contributed by atoms with Crippen LogP contribution in [0.4, 0.5) is 11.4 Å². The van der Waals surface area contributed by atoms with Gasteiger partial charge < -0.3 is 15.4 Å². The van der Waals surface area contributed by atoms with Crippen LogP contribution in [0, 0.1) is 10.1 Å². The van der Waals surface area contributed by atoms with Gasteiger partial charge in [-0.15, -0.1) is 0 Å². The fraction of sp³-hybridized carbons (Fsp3) is 0.417. The van der Waals surface area contributed by atoms with Crippen LogP contribution in [-0.4, -0.2) is 59.1 Å².